The monoisotopic (exact) mass is 447 g/mol. The molecule has 0 amide bonds. The first-order valence-electron chi connectivity index (χ1n) is 12.2. The van der Waals surface area contributed by atoms with Crippen molar-refractivity contribution in [2.75, 3.05) is 26.2 Å². The second-order valence-electron chi connectivity index (χ2n) is 9.16. The van der Waals surface area contributed by atoms with E-state index in [0.29, 0.717) is 5.92 Å². The number of likely N-dealkylation sites (tertiary alicyclic amines) is 1. The number of nitrogens with one attached hydrogen (secondary N) is 2. The van der Waals surface area contributed by atoms with E-state index in [1.807, 2.05) is 13.8 Å². The summed E-state index contributed by atoms with van der Waals surface area (Å²) in [5.41, 5.74) is 2.26. The molecule has 0 spiro atoms. The van der Waals surface area contributed by atoms with Gasteiger partial charge in [-0.05, 0) is 81.9 Å². The van der Waals surface area contributed by atoms with Gasteiger partial charge in [0.1, 0.15) is 5.76 Å². The molecule has 0 bridgehead atoms. The summed E-state index contributed by atoms with van der Waals surface area (Å²) >= 11 is 0. The number of rotatable bonds is 7. The molecule has 0 radical (unpaired) electrons. The number of aromatic nitrogens is 1. The molecule has 2 N–H and O–H groups in total. The average Bonchev–Trinajstić information content (AvgIpc) is 3.14. The first-order chi connectivity index (χ1) is 16.0. The van der Waals surface area contributed by atoms with Crippen molar-refractivity contribution in [1.29, 1.82) is 0 Å². The first kappa shape index (κ1) is 23.3. The summed E-state index contributed by atoms with van der Waals surface area (Å²) in [4.78, 5) is 11.9. The van der Waals surface area contributed by atoms with Crippen LogP contribution in [0.25, 0.3) is 10.8 Å². The molecule has 1 atom stereocenters. The lowest BCUT2D eigenvalue weighted by Crippen LogP contribution is -2.39. The summed E-state index contributed by atoms with van der Waals surface area (Å²) in [5.74, 6) is 3.27. The van der Waals surface area contributed by atoms with E-state index in [1.165, 1.54) is 16.3 Å². The number of oxazole rings is 1. The van der Waals surface area contributed by atoms with Crippen LogP contribution in [0.1, 0.15) is 55.6 Å². The molecule has 1 aliphatic heterocycles. The minimum atomic E-state index is 0.182. The zero-order valence-corrected chi connectivity index (χ0v) is 20.4. The highest BCUT2D eigenvalue weighted by Crippen LogP contribution is 2.22. The topological polar surface area (TPSA) is 65.7 Å². The molecule has 0 saturated carbocycles. The predicted molar refractivity (Wildman–Crippen MR) is 135 cm³/mol. The number of fused-ring (bicyclic) bond motifs is 1. The van der Waals surface area contributed by atoms with Crippen molar-refractivity contribution in [2.45, 2.75) is 53.1 Å². The first-order valence-corrected chi connectivity index (χ1v) is 12.2. The van der Waals surface area contributed by atoms with Crippen LogP contribution in [0, 0.1) is 19.8 Å². The zero-order chi connectivity index (χ0) is 23.2. The van der Waals surface area contributed by atoms with Crippen molar-refractivity contribution in [3.63, 3.8) is 0 Å². The van der Waals surface area contributed by atoms with Crippen LogP contribution < -0.4 is 10.6 Å². The second-order valence-corrected chi connectivity index (χ2v) is 9.16. The quantitative estimate of drug-likeness (QED) is 0.395. The lowest BCUT2D eigenvalue weighted by Gasteiger charge is -2.30. The second kappa shape index (κ2) is 10.8. The highest BCUT2D eigenvalue weighted by Gasteiger charge is 2.21. The van der Waals surface area contributed by atoms with Gasteiger partial charge in [0, 0.05) is 13.1 Å². The van der Waals surface area contributed by atoms with E-state index >= 15 is 0 Å². The summed E-state index contributed by atoms with van der Waals surface area (Å²) in [7, 11) is 0. The van der Waals surface area contributed by atoms with Crippen LogP contribution in [-0.2, 0) is 6.54 Å². The Hall–Kier alpha value is -2.86. The van der Waals surface area contributed by atoms with Crippen molar-refractivity contribution in [1.82, 2.24) is 20.5 Å². The van der Waals surface area contributed by atoms with E-state index in [4.69, 9.17) is 9.41 Å². The van der Waals surface area contributed by atoms with Crippen LogP contribution in [0.3, 0.4) is 0 Å². The third-order valence-corrected chi connectivity index (χ3v) is 6.62. The third kappa shape index (κ3) is 6.14. The Kier molecular flexibility index (Phi) is 7.65. The van der Waals surface area contributed by atoms with Gasteiger partial charge >= 0.3 is 0 Å². The van der Waals surface area contributed by atoms with E-state index in [1.54, 1.807) is 0 Å². The molecule has 2 aromatic carbocycles. The van der Waals surface area contributed by atoms with Crippen molar-refractivity contribution >= 4 is 16.7 Å². The van der Waals surface area contributed by atoms with Gasteiger partial charge < -0.3 is 15.1 Å². The van der Waals surface area contributed by atoms with Crippen molar-refractivity contribution in [3.05, 3.63) is 65.4 Å². The Morgan fingerprint density at radius 2 is 1.91 bits per heavy atom. The maximum Gasteiger partial charge on any atom is 0.208 e. The highest BCUT2D eigenvalue weighted by molar-refractivity contribution is 5.84. The van der Waals surface area contributed by atoms with Gasteiger partial charge in [0.2, 0.25) is 5.89 Å². The third-order valence-electron chi connectivity index (χ3n) is 6.62. The van der Waals surface area contributed by atoms with Crippen molar-refractivity contribution < 1.29 is 4.42 Å². The molecule has 1 fully saturated rings. The Morgan fingerprint density at radius 1 is 1.15 bits per heavy atom. The Morgan fingerprint density at radius 3 is 2.61 bits per heavy atom. The summed E-state index contributed by atoms with van der Waals surface area (Å²) in [6.07, 6.45) is 2.31. The van der Waals surface area contributed by atoms with E-state index in [9.17, 15) is 0 Å². The molecule has 33 heavy (non-hydrogen) atoms. The predicted octanol–water partition coefficient (Wildman–Crippen LogP) is 4.97. The van der Waals surface area contributed by atoms with Gasteiger partial charge in [-0.3, -0.25) is 9.89 Å². The van der Waals surface area contributed by atoms with Gasteiger partial charge in [0.05, 0.1) is 18.3 Å². The Balaban J connectivity index is 1.30. The number of hydrogen-bond donors (Lipinski definition) is 2. The minimum absolute atomic E-state index is 0.182. The van der Waals surface area contributed by atoms with E-state index in [2.05, 4.69) is 76.8 Å². The molecule has 1 saturated heterocycles. The molecule has 0 aliphatic carbocycles. The van der Waals surface area contributed by atoms with Crippen LogP contribution in [-0.4, -0.2) is 42.0 Å². The van der Waals surface area contributed by atoms with Crippen molar-refractivity contribution in [2.24, 2.45) is 10.9 Å². The average molecular weight is 448 g/mol. The molecule has 176 valence electrons. The molecule has 2 heterocycles. The number of nitrogens with zero attached hydrogens (tertiary/aromatic N) is 3. The lowest BCUT2D eigenvalue weighted by atomic mass is 9.97. The number of aliphatic imine (C=N–C) groups is 1. The summed E-state index contributed by atoms with van der Waals surface area (Å²) in [5, 5.41) is 9.55. The standard InChI is InChI=1S/C27H37N5O/c1-5-28-27(31-20(3)24-11-10-23-8-6-7-9-25(23)16-24)29-17-22-12-14-32(15-13-22)18-26-30-19(2)21(4)33-26/h6-11,16,20,22H,5,12-15,17-18H2,1-4H3,(H2,28,29,31). The Bertz CT molecular complexity index is 1060. The fraction of sp³-hybridized carbons (Fsp3) is 0.481. The van der Waals surface area contributed by atoms with Gasteiger partial charge in [-0.2, -0.15) is 0 Å². The fourth-order valence-corrected chi connectivity index (χ4v) is 4.43. The van der Waals surface area contributed by atoms with Gasteiger partial charge in [0.15, 0.2) is 5.96 Å². The van der Waals surface area contributed by atoms with Gasteiger partial charge in [-0.1, -0.05) is 36.4 Å². The number of piperidine rings is 1. The minimum Gasteiger partial charge on any atom is -0.444 e. The largest absolute Gasteiger partial charge is 0.444 e. The number of aryl methyl sites for hydroxylation is 2. The summed E-state index contributed by atoms with van der Waals surface area (Å²) < 4.78 is 5.76. The molecule has 6 nitrogen and oxygen atoms in total. The van der Waals surface area contributed by atoms with Crippen LogP contribution >= 0.6 is 0 Å². The Labute approximate surface area is 197 Å². The summed E-state index contributed by atoms with van der Waals surface area (Å²) in [6, 6.07) is 15.3. The van der Waals surface area contributed by atoms with Gasteiger partial charge in [-0.25, -0.2) is 4.98 Å². The normalized spacial score (nSPS) is 16.8. The molecular weight excluding hydrogens is 410 g/mol. The zero-order valence-electron chi connectivity index (χ0n) is 20.4. The van der Waals surface area contributed by atoms with E-state index < -0.39 is 0 Å². The lowest BCUT2D eigenvalue weighted by molar-refractivity contribution is 0.166. The molecule has 3 aromatic rings. The van der Waals surface area contributed by atoms with Crippen LogP contribution in [0.5, 0.6) is 0 Å². The van der Waals surface area contributed by atoms with Gasteiger partial charge in [0.25, 0.3) is 0 Å². The molecular formula is C27H37N5O. The van der Waals surface area contributed by atoms with Gasteiger partial charge in [-0.15, -0.1) is 0 Å². The van der Waals surface area contributed by atoms with Crippen molar-refractivity contribution in [3.8, 4) is 0 Å². The number of hydrogen-bond acceptors (Lipinski definition) is 4. The smallest absolute Gasteiger partial charge is 0.208 e. The summed E-state index contributed by atoms with van der Waals surface area (Å²) in [6.45, 7) is 12.9. The van der Waals surface area contributed by atoms with E-state index in [-0.39, 0.29) is 6.04 Å². The molecule has 6 heteroatoms. The number of benzene rings is 2. The van der Waals surface area contributed by atoms with E-state index in [0.717, 1.165) is 68.9 Å². The van der Waals surface area contributed by atoms with Crippen LogP contribution in [0.15, 0.2) is 51.9 Å². The fourth-order valence-electron chi connectivity index (χ4n) is 4.43. The van der Waals surface area contributed by atoms with Crippen LogP contribution in [0.2, 0.25) is 0 Å². The highest BCUT2D eigenvalue weighted by atomic mass is 16.4. The SMILES string of the molecule is CCNC(=NCC1CCN(Cc2nc(C)c(C)o2)CC1)NC(C)c1ccc2ccccc2c1. The number of guanidine groups is 1. The maximum atomic E-state index is 5.76. The molecule has 1 unspecified atom stereocenters. The molecule has 1 aromatic heterocycles. The van der Waals surface area contributed by atoms with Crippen LogP contribution in [0.4, 0.5) is 0 Å². The maximum absolute atomic E-state index is 5.76. The molecule has 4 rings (SSSR count). The molecule has 1 aliphatic rings.